The molecule has 0 fully saturated rings. The van der Waals surface area contributed by atoms with E-state index in [0.29, 0.717) is 19.3 Å². The molecule has 0 bridgehead atoms. The molecular formula is C47H78O6. The number of esters is 3. The third-order valence-electron chi connectivity index (χ3n) is 8.70. The highest BCUT2D eigenvalue weighted by Gasteiger charge is 2.19. The Hall–Kier alpha value is -3.15. The van der Waals surface area contributed by atoms with Crippen molar-refractivity contribution >= 4 is 17.9 Å². The molecular weight excluding hydrogens is 661 g/mol. The molecule has 0 aromatic heterocycles. The number of rotatable bonds is 37. The van der Waals surface area contributed by atoms with Crippen LogP contribution >= 0.6 is 0 Å². The Morgan fingerprint density at radius 1 is 0.415 bits per heavy atom. The minimum atomic E-state index is -0.834. The van der Waals surface area contributed by atoms with Gasteiger partial charge in [0.25, 0.3) is 0 Å². The fraction of sp³-hybridized carbons (Fsp3) is 0.681. The molecule has 0 heterocycles. The average Bonchev–Trinajstić information content (AvgIpc) is 3.15. The van der Waals surface area contributed by atoms with Crippen LogP contribution in [0.3, 0.4) is 0 Å². The maximum Gasteiger partial charge on any atom is 0.310 e. The first kappa shape index (κ1) is 49.9. The second kappa shape index (κ2) is 41.6. The van der Waals surface area contributed by atoms with Crippen molar-refractivity contribution in [2.75, 3.05) is 13.2 Å². The van der Waals surface area contributed by atoms with Crippen LogP contribution in [-0.2, 0) is 28.6 Å². The van der Waals surface area contributed by atoms with E-state index in [2.05, 4.69) is 81.5 Å². The van der Waals surface area contributed by atoms with Gasteiger partial charge in [0.1, 0.15) is 13.2 Å². The quantitative estimate of drug-likeness (QED) is 0.0273. The van der Waals surface area contributed by atoms with Gasteiger partial charge >= 0.3 is 17.9 Å². The number of unbranched alkanes of at least 4 members (excludes halogenated alkanes) is 15. The summed E-state index contributed by atoms with van der Waals surface area (Å²) in [5, 5.41) is 0. The largest absolute Gasteiger partial charge is 0.462 e. The van der Waals surface area contributed by atoms with Gasteiger partial charge in [0.2, 0.25) is 0 Å². The SMILES string of the molecule is CC/C=C\C/C=C\C/C=C\CC(=O)OC(COC(=O)CCC/C=C\CCCCCC)COC(=O)CCCCCCCCC/C=C\C/C=C\CCCCC. The summed E-state index contributed by atoms with van der Waals surface area (Å²) in [7, 11) is 0. The number of allylic oxidation sites excluding steroid dienone is 11. The standard InChI is InChI=1S/C47H78O6/c1-4-7-10-13-16-19-20-21-22-23-24-25-26-29-31-34-37-40-46(49)52-43-44(53-47(50)41-38-35-32-28-18-15-12-9-6-3)42-51-45(48)39-36-33-30-27-17-14-11-8-5-2/h9,12,16,18-19,21-22,27-28,30,35,38,44H,4-8,10-11,13-15,17,20,23-26,29,31-34,36-37,39-43H2,1-3H3/b12-9-,19-16-,22-21-,28-18-,30-27-,38-35-. The third kappa shape index (κ3) is 39.9. The van der Waals surface area contributed by atoms with E-state index in [1.165, 1.54) is 77.0 Å². The van der Waals surface area contributed by atoms with Gasteiger partial charge < -0.3 is 14.2 Å². The van der Waals surface area contributed by atoms with Crippen molar-refractivity contribution in [1.82, 2.24) is 0 Å². The van der Waals surface area contributed by atoms with Gasteiger partial charge in [-0.15, -0.1) is 0 Å². The van der Waals surface area contributed by atoms with Gasteiger partial charge in [0, 0.05) is 12.8 Å². The summed E-state index contributed by atoms with van der Waals surface area (Å²) in [4.78, 5) is 37.4. The molecule has 0 radical (unpaired) electrons. The summed E-state index contributed by atoms with van der Waals surface area (Å²) in [6.07, 6.45) is 50.7. The molecule has 1 atom stereocenters. The van der Waals surface area contributed by atoms with Crippen molar-refractivity contribution in [2.24, 2.45) is 0 Å². The number of hydrogen-bond acceptors (Lipinski definition) is 6. The van der Waals surface area contributed by atoms with Crippen LogP contribution in [-0.4, -0.2) is 37.2 Å². The van der Waals surface area contributed by atoms with Crippen LogP contribution in [0.2, 0.25) is 0 Å². The molecule has 0 aliphatic carbocycles. The van der Waals surface area contributed by atoms with Gasteiger partial charge in [-0.2, -0.15) is 0 Å². The molecule has 0 aliphatic rings. The molecule has 1 unspecified atom stereocenters. The smallest absolute Gasteiger partial charge is 0.310 e. The lowest BCUT2D eigenvalue weighted by Gasteiger charge is -2.18. The van der Waals surface area contributed by atoms with E-state index in [1.807, 2.05) is 6.08 Å². The second-order valence-corrected chi connectivity index (χ2v) is 13.9. The van der Waals surface area contributed by atoms with E-state index in [0.717, 1.165) is 64.2 Å². The molecule has 6 heteroatoms. The molecule has 53 heavy (non-hydrogen) atoms. The number of carbonyl (C=O) groups excluding carboxylic acids is 3. The molecule has 0 amide bonds. The highest BCUT2D eigenvalue weighted by Crippen LogP contribution is 2.12. The zero-order valence-corrected chi connectivity index (χ0v) is 34.3. The molecule has 0 saturated carbocycles. The van der Waals surface area contributed by atoms with Gasteiger partial charge in [-0.25, -0.2) is 0 Å². The van der Waals surface area contributed by atoms with Crippen molar-refractivity contribution in [2.45, 2.75) is 194 Å². The molecule has 0 aliphatic heterocycles. The Bertz CT molecular complexity index is 1030. The Kier molecular flexibility index (Phi) is 39.1. The monoisotopic (exact) mass is 739 g/mol. The normalized spacial score (nSPS) is 12.7. The molecule has 0 aromatic carbocycles. The number of carbonyl (C=O) groups is 3. The molecule has 6 nitrogen and oxygen atoms in total. The Morgan fingerprint density at radius 2 is 0.811 bits per heavy atom. The summed E-state index contributed by atoms with van der Waals surface area (Å²) < 4.78 is 16.5. The second-order valence-electron chi connectivity index (χ2n) is 13.9. The number of ether oxygens (including phenoxy) is 3. The van der Waals surface area contributed by atoms with E-state index in [1.54, 1.807) is 6.08 Å². The van der Waals surface area contributed by atoms with Gasteiger partial charge in [0.15, 0.2) is 6.10 Å². The third-order valence-corrected chi connectivity index (χ3v) is 8.70. The maximum atomic E-state index is 12.6. The lowest BCUT2D eigenvalue weighted by molar-refractivity contribution is -0.166. The topological polar surface area (TPSA) is 78.9 Å². The van der Waals surface area contributed by atoms with Gasteiger partial charge in [0.05, 0.1) is 6.42 Å². The van der Waals surface area contributed by atoms with Gasteiger partial charge in [-0.3, -0.25) is 14.4 Å². The van der Waals surface area contributed by atoms with Crippen molar-refractivity contribution in [3.63, 3.8) is 0 Å². The van der Waals surface area contributed by atoms with Crippen molar-refractivity contribution in [1.29, 1.82) is 0 Å². The van der Waals surface area contributed by atoms with Crippen LogP contribution in [0.15, 0.2) is 72.9 Å². The summed E-state index contributed by atoms with van der Waals surface area (Å²) in [6.45, 7) is 6.30. The molecule has 0 N–H and O–H groups in total. The lowest BCUT2D eigenvalue weighted by Crippen LogP contribution is -2.30. The Morgan fingerprint density at radius 3 is 1.38 bits per heavy atom. The molecule has 0 saturated heterocycles. The summed E-state index contributed by atoms with van der Waals surface area (Å²) in [5.74, 6) is -1.10. The predicted octanol–water partition coefficient (Wildman–Crippen LogP) is 13.5. The minimum Gasteiger partial charge on any atom is -0.462 e. The van der Waals surface area contributed by atoms with Crippen molar-refractivity contribution < 1.29 is 28.6 Å². The highest BCUT2D eigenvalue weighted by molar-refractivity contribution is 5.72. The average molecular weight is 739 g/mol. The molecule has 0 spiro atoms. The van der Waals surface area contributed by atoms with E-state index < -0.39 is 12.1 Å². The predicted molar refractivity (Wildman–Crippen MR) is 224 cm³/mol. The van der Waals surface area contributed by atoms with Crippen LogP contribution in [0.4, 0.5) is 0 Å². The zero-order chi connectivity index (χ0) is 38.7. The summed E-state index contributed by atoms with van der Waals surface area (Å²) in [6, 6.07) is 0. The highest BCUT2D eigenvalue weighted by atomic mass is 16.6. The zero-order valence-electron chi connectivity index (χ0n) is 34.3. The fourth-order valence-corrected chi connectivity index (χ4v) is 5.48. The van der Waals surface area contributed by atoms with Gasteiger partial charge in [-0.1, -0.05) is 158 Å². The van der Waals surface area contributed by atoms with Crippen LogP contribution in [0.5, 0.6) is 0 Å². The Labute approximate surface area is 325 Å². The van der Waals surface area contributed by atoms with E-state index >= 15 is 0 Å². The first-order valence-corrected chi connectivity index (χ1v) is 21.4. The number of hydrogen-bond donors (Lipinski definition) is 0. The van der Waals surface area contributed by atoms with Crippen molar-refractivity contribution in [3.05, 3.63) is 72.9 Å². The van der Waals surface area contributed by atoms with Crippen molar-refractivity contribution in [3.8, 4) is 0 Å². The minimum absolute atomic E-state index is 0.0975. The summed E-state index contributed by atoms with van der Waals surface area (Å²) in [5.41, 5.74) is 0. The first-order chi connectivity index (χ1) is 26.0. The Balaban J connectivity index is 4.41. The van der Waals surface area contributed by atoms with Crippen LogP contribution in [0.1, 0.15) is 188 Å². The molecule has 302 valence electrons. The maximum absolute atomic E-state index is 12.6. The van der Waals surface area contributed by atoms with Crippen LogP contribution < -0.4 is 0 Å². The van der Waals surface area contributed by atoms with Gasteiger partial charge in [-0.05, 0) is 83.5 Å². The van der Waals surface area contributed by atoms with Crippen LogP contribution in [0.25, 0.3) is 0 Å². The molecule has 0 rings (SSSR count). The molecule has 0 aromatic rings. The fourth-order valence-electron chi connectivity index (χ4n) is 5.48. The van der Waals surface area contributed by atoms with E-state index in [-0.39, 0.29) is 31.6 Å². The summed E-state index contributed by atoms with van der Waals surface area (Å²) >= 11 is 0. The lowest BCUT2D eigenvalue weighted by atomic mass is 10.1. The first-order valence-electron chi connectivity index (χ1n) is 21.4. The van der Waals surface area contributed by atoms with E-state index in [4.69, 9.17) is 14.2 Å². The van der Waals surface area contributed by atoms with Crippen LogP contribution in [0, 0.1) is 0 Å². The van der Waals surface area contributed by atoms with E-state index in [9.17, 15) is 14.4 Å².